The molecule has 1 aliphatic heterocycles. The van der Waals surface area contributed by atoms with Crippen LogP contribution in [0.5, 0.6) is 0 Å². The highest BCUT2D eigenvalue weighted by Crippen LogP contribution is 2.23. The highest BCUT2D eigenvalue weighted by Gasteiger charge is 2.25. The van der Waals surface area contributed by atoms with Crippen molar-refractivity contribution in [2.45, 2.75) is 32.6 Å². The third kappa shape index (κ3) is 2.70. The molecule has 0 bridgehead atoms. The van der Waals surface area contributed by atoms with Crippen molar-refractivity contribution in [3.05, 3.63) is 0 Å². The molecule has 1 heterocycles. The Morgan fingerprint density at radius 2 is 1.92 bits per heavy atom. The molecule has 72 valence electrons. The third-order valence-corrected chi connectivity index (χ3v) is 2.53. The van der Waals surface area contributed by atoms with E-state index in [9.17, 15) is 8.78 Å². The summed E-state index contributed by atoms with van der Waals surface area (Å²) < 4.78 is 24.4. The van der Waals surface area contributed by atoms with Gasteiger partial charge in [0.25, 0.3) is 0 Å². The van der Waals surface area contributed by atoms with E-state index in [2.05, 4.69) is 11.8 Å². The van der Waals surface area contributed by atoms with Gasteiger partial charge in [-0.05, 0) is 38.9 Å². The second kappa shape index (κ2) is 4.75. The molecule has 0 saturated carbocycles. The van der Waals surface area contributed by atoms with E-state index < -0.39 is 6.43 Å². The summed E-state index contributed by atoms with van der Waals surface area (Å²) in [5.41, 5.74) is 0. The minimum Gasteiger partial charge on any atom is -0.303 e. The second-order valence-corrected chi connectivity index (χ2v) is 3.51. The summed E-state index contributed by atoms with van der Waals surface area (Å²) in [5, 5.41) is 0. The van der Waals surface area contributed by atoms with Crippen LogP contribution < -0.4 is 0 Å². The molecule has 3 heteroatoms. The SMILES string of the molecule is CCCN1CCC(C(F)F)CC1. The zero-order valence-corrected chi connectivity index (χ0v) is 7.60. The van der Waals surface area contributed by atoms with Crippen LogP contribution in [0, 0.1) is 5.92 Å². The van der Waals surface area contributed by atoms with E-state index in [1.165, 1.54) is 0 Å². The zero-order chi connectivity index (χ0) is 8.97. The van der Waals surface area contributed by atoms with Gasteiger partial charge in [-0.25, -0.2) is 8.78 Å². The van der Waals surface area contributed by atoms with Gasteiger partial charge in [0.05, 0.1) is 0 Å². The molecule has 0 aromatic rings. The Bertz CT molecular complexity index is 120. The van der Waals surface area contributed by atoms with Crippen molar-refractivity contribution in [1.82, 2.24) is 4.90 Å². The fourth-order valence-corrected chi connectivity index (χ4v) is 1.74. The molecule has 0 aromatic heterocycles. The Balaban J connectivity index is 2.20. The predicted octanol–water partition coefficient (Wildman–Crippen LogP) is 2.37. The molecule has 1 nitrogen and oxygen atoms in total. The monoisotopic (exact) mass is 177 g/mol. The third-order valence-electron chi connectivity index (χ3n) is 2.53. The Labute approximate surface area is 72.7 Å². The minimum atomic E-state index is -2.10. The molecule has 0 unspecified atom stereocenters. The first kappa shape index (κ1) is 9.90. The average molecular weight is 177 g/mol. The number of piperidine rings is 1. The van der Waals surface area contributed by atoms with Gasteiger partial charge in [-0.2, -0.15) is 0 Å². The van der Waals surface area contributed by atoms with E-state index in [1.54, 1.807) is 0 Å². The van der Waals surface area contributed by atoms with E-state index >= 15 is 0 Å². The summed E-state index contributed by atoms with van der Waals surface area (Å²) in [5.74, 6) is -0.335. The van der Waals surface area contributed by atoms with Gasteiger partial charge in [0.15, 0.2) is 0 Å². The first-order valence-electron chi connectivity index (χ1n) is 4.74. The van der Waals surface area contributed by atoms with Crippen molar-refractivity contribution in [2.75, 3.05) is 19.6 Å². The number of alkyl halides is 2. The van der Waals surface area contributed by atoms with Crippen LogP contribution in [-0.4, -0.2) is 31.0 Å². The lowest BCUT2D eigenvalue weighted by Crippen LogP contribution is -2.36. The Kier molecular flexibility index (Phi) is 3.92. The second-order valence-electron chi connectivity index (χ2n) is 3.51. The molecule has 12 heavy (non-hydrogen) atoms. The summed E-state index contributed by atoms with van der Waals surface area (Å²) in [6.07, 6.45) is 0.378. The molecule has 1 fully saturated rings. The first-order chi connectivity index (χ1) is 5.74. The van der Waals surface area contributed by atoms with Crippen molar-refractivity contribution in [1.29, 1.82) is 0 Å². The smallest absolute Gasteiger partial charge is 0.241 e. The summed E-state index contributed by atoms with van der Waals surface area (Å²) in [6, 6.07) is 0. The maximum absolute atomic E-state index is 12.2. The van der Waals surface area contributed by atoms with Crippen molar-refractivity contribution < 1.29 is 8.78 Å². The number of likely N-dealkylation sites (tertiary alicyclic amines) is 1. The normalized spacial score (nSPS) is 22.0. The van der Waals surface area contributed by atoms with Crippen LogP contribution in [0.4, 0.5) is 8.78 Å². The number of halogens is 2. The van der Waals surface area contributed by atoms with E-state index in [-0.39, 0.29) is 5.92 Å². The zero-order valence-electron chi connectivity index (χ0n) is 7.60. The minimum absolute atomic E-state index is 0.335. The number of hydrogen-bond acceptors (Lipinski definition) is 1. The molecular formula is C9H17F2N. The molecule has 0 atom stereocenters. The van der Waals surface area contributed by atoms with Crippen molar-refractivity contribution in [2.24, 2.45) is 5.92 Å². The quantitative estimate of drug-likeness (QED) is 0.639. The lowest BCUT2D eigenvalue weighted by Gasteiger charge is -2.31. The number of rotatable bonds is 3. The van der Waals surface area contributed by atoms with Gasteiger partial charge < -0.3 is 4.90 Å². The van der Waals surface area contributed by atoms with Gasteiger partial charge in [0.1, 0.15) is 0 Å². The Morgan fingerprint density at radius 1 is 1.33 bits per heavy atom. The van der Waals surface area contributed by atoms with Gasteiger partial charge in [-0.3, -0.25) is 0 Å². The molecule has 0 aromatic carbocycles. The van der Waals surface area contributed by atoms with Crippen molar-refractivity contribution >= 4 is 0 Å². The molecule has 0 spiro atoms. The highest BCUT2D eigenvalue weighted by molar-refractivity contribution is 4.73. The molecule has 0 aliphatic carbocycles. The standard InChI is InChI=1S/C9H17F2N/c1-2-5-12-6-3-8(4-7-12)9(10)11/h8-9H,2-7H2,1H3. The lowest BCUT2D eigenvalue weighted by atomic mass is 9.97. The van der Waals surface area contributed by atoms with Crippen molar-refractivity contribution in [3.8, 4) is 0 Å². The van der Waals surface area contributed by atoms with Crippen LogP contribution in [0.25, 0.3) is 0 Å². The van der Waals surface area contributed by atoms with Crippen molar-refractivity contribution in [3.63, 3.8) is 0 Å². The van der Waals surface area contributed by atoms with Gasteiger partial charge in [0, 0.05) is 5.92 Å². The molecule has 0 N–H and O–H groups in total. The topological polar surface area (TPSA) is 3.24 Å². The molecule has 0 radical (unpaired) electrons. The highest BCUT2D eigenvalue weighted by atomic mass is 19.3. The molecule has 1 rings (SSSR count). The fourth-order valence-electron chi connectivity index (χ4n) is 1.74. The van der Waals surface area contributed by atoms with Gasteiger partial charge in [0.2, 0.25) is 6.43 Å². The van der Waals surface area contributed by atoms with Crippen LogP contribution in [0.2, 0.25) is 0 Å². The average Bonchev–Trinajstić information content (AvgIpc) is 2.06. The van der Waals surface area contributed by atoms with Gasteiger partial charge in [-0.15, -0.1) is 0 Å². The maximum atomic E-state index is 12.2. The lowest BCUT2D eigenvalue weighted by molar-refractivity contribution is 0.0353. The van der Waals surface area contributed by atoms with Crippen LogP contribution >= 0.6 is 0 Å². The largest absolute Gasteiger partial charge is 0.303 e. The summed E-state index contributed by atoms with van der Waals surface area (Å²) in [7, 11) is 0. The van der Waals surface area contributed by atoms with Crippen LogP contribution in [-0.2, 0) is 0 Å². The number of nitrogens with zero attached hydrogens (tertiary/aromatic N) is 1. The van der Waals surface area contributed by atoms with E-state index in [1.807, 2.05) is 0 Å². The van der Waals surface area contributed by atoms with Gasteiger partial charge in [-0.1, -0.05) is 6.92 Å². The van der Waals surface area contributed by atoms with Crippen LogP contribution in [0.15, 0.2) is 0 Å². The van der Waals surface area contributed by atoms with Crippen LogP contribution in [0.3, 0.4) is 0 Å². The summed E-state index contributed by atoms with van der Waals surface area (Å²) >= 11 is 0. The first-order valence-corrected chi connectivity index (χ1v) is 4.74. The van der Waals surface area contributed by atoms with Crippen LogP contribution in [0.1, 0.15) is 26.2 Å². The fraction of sp³-hybridized carbons (Fsp3) is 1.00. The molecular weight excluding hydrogens is 160 g/mol. The molecule has 1 aliphatic rings. The van der Waals surface area contributed by atoms with Gasteiger partial charge >= 0.3 is 0 Å². The van der Waals surface area contributed by atoms with E-state index in [0.717, 1.165) is 26.1 Å². The Hall–Kier alpha value is -0.180. The molecule has 0 amide bonds. The Morgan fingerprint density at radius 3 is 2.33 bits per heavy atom. The summed E-state index contributed by atoms with van der Waals surface area (Å²) in [4.78, 5) is 2.28. The predicted molar refractivity (Wildman–Crippen MR) is 45.5 cm³/mol. The number of hydrogen-bond donors (Lipinski definition) is 0. The maximum Gasteiger partial charge on any atom is 0.241 e. The summed E-state index contributed by atoms with van der Waals surface area (Å²) in [6.45, 7) is 4.92. The molecule has 1 saturated heterocycles. The van der Waals surface area contributed by atoms with E-state index in [0.29, 0.717) is 12.8 Å². The van der Waals surface area contributed by atoms with E-state index in [4.69, 9.17) is 0 Å².